The van der Waals surface area contributed by atoms with Crippen molar-refractivity contribution in [3.63, 3.8) is 0 Å². The third-order valence-corrected chi connectivity index (χ3v) is 5.59. The summed E-state index contributed by atoms with van der Waals surface area (Å²) in [5.74, 6) is 0.604. The van der Waals surface area contributed by atoms with Gasteiger partial charge in [-0.25, -0.2) is 4.98 Å². The third-order valence-electron chi connectivity index (χ3n) is 5.59. The second-order valence-corrected chi connectivity index (χ2v) is 7.63. The Morgan fingerprint density at radius 1 is 1.03 bits per heavy atom. The van der Waals surface area contributed by atoms with Crippen LogP contribution in [0.1, 0.15) is 34.9 Å². The lowest BCUT2D eigenvalue weighted by Gasteiger charge is -2.20. The Bertz CT molecular complexity index is 1170. The number of carbonyl (C=O) groups is 1. The van der Waals surface area contributed by atoms with Crippen molar-refractivity contribution in [3.05, 3.63) is 102 Å². The zero-order valence-corrected chi connectivity index (χ0v) is 17.9. The van der Waals surface area contributed by atoms with E-state index in [1.54, 1.807) is 7.11 Å². The molecule has 0 spiro atoms. The fraction of sp³-hybridized carbons (Fsp3) is 0.231. The van der Waals surface area contributed by atoms with Crippen molar-refractivity contribution in [1.29, 1.82) is 0 Å². The summed E-state index contributed by atoms with van der Waals surface area (Å²) in [4.78, 5) is 17.5. The van der Waals surface area contributed by atoms with Gasteiger partial charge >= 0.3 is 0 Å². The van der Waals surface area contributed by atoms with Gasteiger partial charge in [0.05, 0.1) is 12.8 Å². The van der Waals surface area contributed by atoms with Crippen LogP contribution in [0.5, 0.6) is 5.75 Å². The highest BCUT2D eigenvalue weighted by atomic mass is 16.5. The van der Waals surface area contributed by atoms with Crippen molar-refractivity contribution in [2.24, 2.45) is 0 Å². The highest BCUT2D eigenvalue weighted by molar-refractivity contribution is 5.77. The molecule has 0 aliphatic carbocycles. The van der Waals surface area contributed by atoms with Crippen molar-refractivity contribution < 1.29 is 9.53 Å². The SMILES string of the molecule is COc1ccccc1C(CC(=O)NCCc1ccccc1)c1cnc2cccc(C)n12. The number of amides is 1. The predicted octanol–water partition coefficient (Wildman–Crippen LogP) is 4.53. The molecule has 31 heavy (non-hydrogen) atoms. The number of hydrogen-bond acceptors (Lipinski definition) is 3. The molecule has 4 aromatic rings. The Morgan fingerprint density at radius 2 is 1.81 bits per heavy atom. The molecule has 2 aromatic heterocycles. The van der Waals surface area contributed by atoms with Gasteiger partial charge in [0, 0.05) is 36.3 Å². The van der Waals surface area contributed by atoms with E-state index in [0.29, 0.717) is 13.0 Å². The Labute approximate surface area is 182 Å². The summed E-state index contributed by atoms with van der Waals surface area (Å²) in [7, 11) is 1.66. The van der Waals surface area contributed by atoms with Crippen molar-refractivity contribution in [2.75, 3.05) is 13.7 Å². The van der Waals surface area contributed by atoms with Gasteiger partial charge in [-0.3, -0.25) is 4.79 Å². The van der Waals surface area contributed by atoms with Crippen LogP contribution in [0, 0.1) is 6.92 Å². The number of aryl methyl sites for hydroxylation is 1. The van der Waals surface area contributed by atoms with Crippen LogP contribution in [0.25, 0.3) is 5.65 Å². The average molecular weight is 414 g/mol. The lowest BCUT2D eigenvalue weighted by Crippen LogP contribution is -2.28. The largest absolute Gasteiger partial charge is 0.496 e. The minimum Gasteiger partial charge on any atom is -0.496 e. The maximum atomic E-state index is 13.0. The first kappa shape index (κ1) is 20.7. The number of nitrogens with one attached hydrogen (secondary N) is 1. The maximum Gasteiger partial charge on any atom is 0.221 e. The van der Waals surface area contributed by atoms with Crippen LogP contribution in [0.15, 0.2) is 79.0 Å². The van der Waals surface area contributed by atoms with Crippen molar-refractivity contribution in [2.45, 2.75) is 25.7 Å². The number of benzene rings is 2. The molecule has 2 heterocycles. The molecule has 1 N–H and O–H groups in total. The minimum atomic E-state index is -0.177. The van der Waals surface area contributed by atoms with Crippen LogP contribution in [0.2, 0.25) is 0 Å². The van der Waals surface area contributed by atoms with Crippen LogP contribution in [-0.4, -0.2) is 28.9 Å². The molecular formula is C26H27N3O2. The van der Waals surface area contributed by atoms with Crippen LogP contribution in [-0.2, 0) is 11.2 Å². The van der Waals surface area contributed by atoms with E-state index in [9.17, 15) is 4.79 Å². The number of hydrogen-bond donors (Lipinski definition) is 1. The smallest absolute Gasteiger partial charge is 0.221 e. The van der Waals surface area contributed by atoms with Crippen molar-refractivity contribution in [1.82, 2.24) is 14.7 Å². The van der Waals surface area contributed by atoms with Gasteiger partial charge in [-0.2, -0.15) is 0 Å². The molecule has 1 amide bonds. The van der Waals surface area contributed by atoms with Gasteiger partial charge in [-0.1, -0.05) is 54.6 Å². The molecular weight excluding hydrogens is 386 g/mol. The number of nitrogens with zero attached hydrogens (tertiary/aromatic N) is 2. The highest BCUT2D eigenvalue weighted by Gasteiger charge is 2.25. The lowest BCUT2D eigenvalue weighted by atomic mass is 9.91. The monoisotopic (exact) mass is 413 g/mol. The molecule has 0 bridgehead atoms. The Kier molecular flexibility index (Phi) is 6.32. The van der Waals surface area contributed by atoms with E-state index in [0.717, 1.165) is 34.8 Å². The number of para-hydroxylation sites is 1. The number of pyridine rings is 1. The zero-order chi connectivity index (χ0) is 21.6. The number of imidazole rings is 1. The Balaban J connectivity index is 1.61. The molecule has 0 aliphatic heterocycles. The average Bonchev–Trinajstić information content (AvgIpc) is 3.23. The predicted molar refractivity (Wildman–Crippen MR) is 123 cm³/mol. The summed E-state index contributed by atoms with van der Waals surface area (Å²) < 4.78 is 7.75. The molecule has 2 aromatic carbocycles. The van der Waals surface area contributed by atoms with E-state index in [-0.39, 0.29) is 11.8 Å². The van der Waals surface area contributed by atoms with Gasteiger partial charge in [0.1, 0.15) is 11.4 Å². The van der Waals surface area contributed by atoms with Gasteiger partial charge in [0.15, 0.2) is 0 Å². The van der Waals surface area contributed by atoms with Gasteiger partial charge < -0.3 is 14.5 Å². The number of aromatic nitrogens is 2. The summed E-state index contributed by atoms with van der Waals surface area (Å²) >= 11 is 0. The van der Waals surface area contributed by atoms with Crippen LogP contribution in [0.3, 0.4) is 0 Å². The molecule has 0 fully saturated rings. The number of carbonyl (C=O) groups excluding carboxylic acids is 1. The molecule has 0 aliphatic rings. The Morgan fingerprint density at radius 3 is 2.61 bits per heavy atom. The first-order chi connectivity index (χ1) is 15.2. The van der Waals surface area contributed by atoms with E-state index >= 15 is 0 Å². The highest BCUT2D eigenvalue weighted by Crippen LogP contribution is 2.35. The third kappa shape index (κ3) is 4.61. The summed E-state index contributed by atoms with van der Waals surface area (Å²) in [5, 5.41) is 3.08. The number of rotatable bonds is 8. The summed E-state index contributed by atoms with van der Waals surface area (Å²) in [6.07, 6.45) is 2.99. The maximum absolute atomic E-state index is 13.0. The van der Waals surface area contributed by atoms with E-state index in [1.165, 1.54) is 5.56 Å². The minimum absolute atomic E-state index is 0.00960. The van der Waals surface area contributed by atoms with Gasteiger partial charge in [0.2, 0.25) is 5.91 Å². The molecule has 5 nitrogen and oxygen atoms in total. The van der Waals surface area contributed by atoms with Gasteiger partial charge in [-0.05, 0) is 37.1 Å². The fourth-order valence-corrected chi connectivity index (χ4v) is 4.05. The van der Waals surface area contributed by atoms with Gasteiger partial charge in [0.25, 0.3) is 0 Å². The van der Waals surface area contributed by atoms with E-state index in [4.69, 9.17) is 4.74 Å². The Hall–Kier alpha value is -3.60. The van der Waals surface area contributed by atoms with Crippen LogP contribution < -0.4 is 10.1 Å². The quantitative estimate of drug-likeness (QED) is 0.462. The summed E-state index contributed by atoms with van der Waals surface area (Å²) in [6, 6.07) is 24.1. The zero-order valence-electron chi connectivity index (χ0n) is 17.9. The fourth-order valence-electron chi connectivity index (χ4n) is 4.05. The van der Waals surface area contributed by atoms with E-state index in [1.807, 2.05) is 60.8 Å². The molecule has 5 heteroatoms. The first-order valence-electron chi connectivity index (χ1n) is 10.5. The second-order valence-electron chi connectivity index (χ2n) is 7.63. The summed E-state index contributed by atoms with van der Waals surface area (Å²) in [5.41, 5.74) is 5.12. The first-order valence-corrected chi connectivity index (χ1v) is 10.5. The normalized spacial score (nSPS) is 11.9. The van der Waals surface area contributed by atoms with E-state index < -0.39 is 0 Å². The number of fused-ring (bicyclic) bond motifs is 1. The molecule has 0 saturated heterocycles. The second kappa shape index (κ2) is 9.47. The molecule has 158 valence electrons. The molecule has 0 radical (unpaired) electrons. The van der Waals surface area contributed by atoms with Gasteiger partial charge in [-0.15, -0.1) is 0 Å². The standard InChI is InChI=1S/C26H27N3O2/c1-19-9-8-14-25-28-18-23(29(19)25)22(21-12-6-7-13-24(21)31-2)17-26(30)27-16-15-20-10-4-3-5-11-20/h3-14,18,22H,15-17H2,1-2H3,(H,27,30). The number of methoxy groups -OCH3 is 1. The van der Waals surface area contributed by atoms with E-state index in [2.05, 4.69) is 39.8 Å². The van der Waals surface area contributed by atoms with Crippen LogP contribution >= 0.6 is 0 Å². The topological polar surface area (TPSA) is 55.6 Å². The lowest BCUT2D eigenvalue weighted by molar-refractivity contribution is -0.121. The summed E-state index contributed by atoms with van der Waals surface area (Å²) in [6.45, 7) is 2.66. The molecule has 1 atom stereocenters. The van der Waals surface area contributed by atoms with Crippen molar-refractivity contribution in [3.8, 4) is 5.75 Å². The number of ether oxygens (including phenoxy) is 1. The van der Waals surface area contributed by atoms with Crippen molar-refractivity contribution >= 4 is 11.6 Å². The molecule has 1 unspecified atom stereocenters. The van der Waals surface area contributed by atoms with Crippen LogP contribution in [0.4, 0.5) is 0 Å². The molecule has 0 saturated carbocycles. The molecule has 4 rings (SSSR count).